The van der Waals surface area contributed by atoms with Crippen LogP contribution < -0.4 is 4.74 Å². The molecule has 4 rings (SSSR count). The molecule has 0 radical (unpaired) electrons. The zero-order valence-electron chi connectivity index (χ0n) is 19.8. The van der Waals surface area contributed by atoms with E-state index >= 15 is 0 Å². The topological polar surface area (TPSA) is 79.3 Å². The van der Waals surface area contributed by atoms with Crippen molar-refractivity contribution in [1.82, 2.24) is 9.80 Å². The summed E-state index contributed by atoms with van der Waals surface area (Å²) < 4.78 is 11.1. The van der Waals surface area contributed by atoms with E-state index in [1.807, 2.05) is 44.2 Å². The molecule has 1 atom stereocenters. The Kier molecular flexibility index (Phi) is 7.65. The van der Waals surface area contributed by atoms with Crippen molar-refractivity contribution in [3.8, 4) is 5.75 Å². The average Bonchev–Trinajstić information content (AvgIpc) is 3.12. The first-order valence-corrected chi connectivity index (χ1v) is 11.9. The highest BCUT2D eigenvalue weighted by molar-refractivity contribution is 6.46. The molecule has 1 N–H and O–H groups in total. The Morgan fingerprint density at radius 2 is 1.82 bits per heavy atom. The van der Waals surface area contributed by atoms with Crippen molar-refractivity contribution < 1.29 is 24.2 Å². The molecule has 0 spiro atoms. The number of benzene rings is 2. The highest BCUT2D eigenvalue weighted by atomic mass is 16.5. The van der Waals surface area contributed by atoms with Gasteiger partial charge in [0.1, 0.15) is 11.5 Å². The Morgan fingerprint density at radius 3 is 2.53 bits per heavy atom. The van der Waals surface area contributed by atoms with Gasteiger partial charge >= 0.3 is 0 Å². The maximum Gasteiger partial charge on any atom is 0.295 e. The molecule has 1 unspecified atom stereocenters. The van der Waals surface area contributed by atoms with Crippen LogP contribution in [0.3, 0.4) is 0 Å². The molecule has 2 saturated heterocycles. The number of ketones is 1. The van der Waals surface area contributed by atoms with Gasteiger partial charge in [-0.1, -0.05) is 48.9 Å². The van der Waals surface area contributed by atoms with E-state index < -0.39 is 17.7 Å². The van der Waals surface area contributed by atoms with Crippen LogP contribution >= 0.6 is 0 Å². The summed E-state index contributed by atoms with van der Waals surface area (Å²) in [7, 11) is 0. The van der Waals surface area contributed by atoms with Gasteiger partial charge in [-0.25, -0.2) is 0 Å². The molecule has 7 heteroatoms. The molecule has 0 aliphatic carbocycles. The van der Waals surface area contributed by atoms with E-state index in [4.69, 9.17) is 9.47 Å². The summed E-state index contributed by atoms with van der Waals surface area (Å²) in [5.41, 5.74) is 2.45. The lowest BCUT2D eigenvalue weighted by molar-refractivity contribution is -0.140. The standard InChI is InChI=1S/C27H32N2O5/c1-3-15-34-22-6-4-5-21(18-22)25(30)23-24(20-9-7-19(2)8-10-20)29(27(32)26(23)31)12-11-28-13-16-33-17-14-28/h4-10,18,24,30H,3,11-17H2,1-2H3/b25-23+. The first-order chi connectivity index (χ1) is 16.5. The molecular formula is C27H32N2O5. The number of aliphatic hydroxyl groups excluding tert-OH is 1. The number of ether oxygens (including phenoxy) is 2. The summed E-state index contributed by atoms with van der Waals surface area (Å²) >= 11 is 0. The van der Waals surface area contributed by atoms with Crippen LogP contribution in [0.5, 0.6) is 5.75 Å². The molecule has 7 nitrogen and oxygen atoms in total. The number of aryl methyl sites for hydroxylation is 1. The van der Waals surface area contributed by atoms with Crippen molar-refractivity contribution in [1.29, 1.82) is 0 Å². The van der Waals surface area contributed by atoms with Crippen molar-refractivity contribution in [2.45, 2.75) is 26.3 Å². The van der Waals surface area contributed by atoms with Gasteiger partial charge in [-0.15, -0.1) is 0 Å². The lowest BCUT2D eigenvalue weighted by atomic mass is 9.94. The van der Waals surface area contributed by atoms with Gasteiger partial charge in [0.2, 0.25) is 0 Å². The first-order valence-electron chi connectivity index (χ1n) is 11.9. The van der Waals surface area contributed by atoms with E-state index in [2.05, 4.69) is 4.90 Å². The first kappa shape index (κ1) is 24.0. The fourth-order valence-corrected chi connectivity index (χ4v) is 4.39. The lowest BCUT2D eigenvalue weighted by Crippen LogP contribution is -2.42. The van der Waals surface area contributed by atoms with Crippen LogP contribution in [0.1, 0.15) is 36.1 Å². The zero-order valence-corrected chi connectivity index (χ0v) is 19.8. The second-order valence-electron chi connectivity index (χ2n) is 8.73. The molecule has 180 valence electrons. The van der Waals surface area contributed by atoms with Crippen LogP contribution in [-0.4, -0.2) is 72.6 Å². The number of carbonyl (C=O) groups excluding carboxylic acids is 2. The molecule has 2 aromatic carbocycles. The zero-order chi connectivity index (χ0) is 24.1. The summed E-state index contributed by atoms with van der Waals surface area (Å²) in [5.74, 6) is -0.817. The van der Waals surface area contributed by atoms with E-state index in [1.165, 1.54) is 0 Å². The number of morpholine rings is 1. The minimum atomic E-state index is -0.662. The number of carbonyl (C=O) groups is 2. The van der Waals surface area contributed by atoms with Crippen LogP contribution in [0.25, 0.3) is 5.76 Å². The number of rotatable bonds is 8. The van der Waals surface area contributed by atoms with Crippen LogP contribution in [0, 0.1) is 6.92 Å². The maximum absolute atomic E-state index is 13.2. The second-order valence-corrected chi connectivity index (χ2v) is 8.73. The monoisotopic (exact) mass is 464 g/mol. The van der Waals surface area contributed by atoms with E-state index in [-0.39, 0.29) is 11.3 Å². The van der Waals surface area contributed by atoms with Gasteiger partial charge in [-0.3, -0.25) is 14.5 Å². The summed E-state index contributed by atoms with van der Waals surface area (Å²) in [6.45, 7) is 8.50. The van der Waals surface area contributed by atoms with Gasteiger partial charge in [-0.05, 0) is 31.0 Å². The van der Waals surface area contributed by atoms with Crippen molar-refractivity contribution in [2.75, 3.05) is 46.0 Å². The quantitative estimate of drug-likeness (QED) is 0.366. The van der Waals surface area contributed by atoms with Gasteiger partial charge < -0.3 is 19.5 Å². The predicted octanol–water partition coefficient (Wildman–Crippen LogP) is 3.54. The molecule has 1 amide bonds. The molecule has 2 heterocycles. The molecule has 2 aromatic rings. The molecule has 0 bridgehead atoms. The van der Waals surface area contributed by atoms with Crippen molar-refractivity contribution in [3.05, 3.63) is 70.8 Å². The Labute approximate surface area is 200 Å². The number of likely N-dealkylation sites (tertiary alicyclic amines) is 1. The second kappa shape index (κ2) is 10.8. The molecule has 34 heavy (non-hydrogen) atoms. The third-order valence-electron chi connectivity index (χ3n) is 6.27. The SMILES string of the molecule is CCCOc1cccc(/C(O)=C2\C(=O)C(=O)N(CCN3CCOCC3)C2c2ccc(C)cc2)c1. The van der Waals surface area contributed by atoms with Crippen LogP contribution in [0.4, 0.5) is 0 Å². The van der Waals surface area contributed by atoms with Crippen LogP contribution in [0.2, 0.25) is 0 Å². The van der Waals surface area contributed by atoms with E-state index in [9.17, 15) is 14.7 Å². The molecule has 2 aliphatic heterocycles. The van der Waals surface area contributed by atoms with Gasteiger partial charge in [0, 0.05) is 31.7 Å². The largest absolute Gasteiger partial charge is 0.507 e. The minimum absolute atomic E-state index is 0.114. The molecule has 2 aliphatic rings. The molecule has 0 aromatic heterocycles. The number of hydrogen-bond donors (Lipinski definition) is 1. The molecular weight excluding hydrogens is 432 g/mol. The smallest absolute Gasteiger partial charge is 0.295 e. The molecule has 0 saturated carbocycles. The Morgan fingerprint density at radius 1 is 1.09 bits per heavy atom. The highest BCUT2D eigenvalue weighted by Crippen LogP contribution is 2.39. The van der Waals surface area contributed by atoms with E-state index in [0.29, 0.717) is 44.2 Å². The van der Waals surface area contributed by atoms with Gasteiger partial charge in [-0.2, -0.15) is 0 Å². The number of hydrogen-bond acceptors (Lipinski definition) is 6. The van der Waals surface area contributed by atoms with Crippen molar-refractivity contribution in [3.63, 3.8) is 0 Å². The predicted molar refractivity (Wildman–Crippen MR) is 130 cm³/mol. The van der Waals surface area contributed by atoms with Gasteiger partial charge in [0.05, 0.1) is 31.4 Å². The van der Waals surface area contributed by atoms with Crippen LogP contribution in [0.15, 0.2) is 54.1 Å². The van der Waals surface area contributed by atoms with Gasteiger partial charge in [0.15, 0.2) is 0 Å². The summed E-state index contributed by atoms with van der Waals surface area (Å²) in [4.78, 5) is 30.2. The Hall–Kier alpha value is -3.16. The van der Waals surface area contributed by atoms with E-state index in [1.54, 1.807) is 23.1 Å². The fraction of sp³-hybridized carbons (Fsp3) is 0.407. The van der Waals surface area contributed by atoms with Crippen molar-refractivity contribution >= 4 is 17.4 Å². The number of Topliss-reactive ketones (excluding diaryl/α,β-unsaturated/α-hetero) is 1. The normalized spacial score (nSPS) is 20.6. The Balaban J connectivity index is 1.71. The molecule has 2 fully saturated rings. The van der Waals surface area contributed by atoms with Crippen molar-refractivity contribution in [2.24, 2.45) is 0 Å². The number of nitrogens with zero attached hydrogens (tertiary/aromatic N) is 2. The fourth-order valence-electron chi connectivity index (χ4n) is 4.39. The highest BCUT2D eigenvalue weighted by Gasteiger charge is 2.46. The average molecular weight is 465 g/mol. The summed E-state index contributed by atoms with van der Waals surface area (Å²) in [6, 6.07) is 14.1. The van der Waals surface area contributed by atoms with Gasteiger partial charge in [0.25, 0.3) is 11.7 Å². The summed E-state index contributed by atoms with van der Waals surface area (Å²) in [5, 5.41) is 11.3. The lowest BCUT2D eigenvalue weighted by Gasteiger charge is -2.31. The third kappa shape index (κ3) is 5.16. The van der Waals surface area contributed by atoms with E-state index in [0.717, 1.165) is 30.6 Å². The number of aliphatic hydroxyl groups is 1. The Bertz CT molecular complexity index is 1060. The minimum Gasteiger partial charge on any atom is -0.507 e. The maximum atomic E-state index is 13.2. The van der Waals surface area contributed by atoms with Crippen LogP contribution in [-0.2, 0) is 14.3 Å². The summed E-state index contributed by atoms with van der Waals surface area (Å²) in [6.07, 6.45) is 0.859. The third-order valence-corrected chi connectivity index (χ3v) is 6.27. The number of amides is 1.